The maximum Gasteiger partial charge on any atom is 0.0935 e. The molecule has 0 bridgehead atoms. The number of nitrogens with two attached hydrogens (primary N) is 1. The molecular weight excluding hydrogens is 120 g/mol. The van der Waals surface area contributed by atoms with Crippen molar-refractivity contribution in [1.29, 1.82) is 0 Å². The number of rotatable bonds is 2. The van der Waals surface area contributed by atoms with Gasteiger partial charge >= 0.3 is 0 Å². The Bertz CT molecular complexity index is 88.6. The molecular formula is C4H12N4O. The van der Waals surface area contributed by atoms with E-state index in [0.29, 0.717) is 0 Å². The summed E-state index contributed by atoms with van der Waals surface area (Å²) < 4.78 is 0. The fourth-order valence-corrected chi connectivity index (χ4v) is 0.831. The molecule has 0 aromatic rings. The van der Waals surface area contributed by atoms with E-state index in [0.717, 1.165) is 6.54 Å². The van der Waals surface area contributed by atoms with Gasteiger partial charge in [0.2, 0.25) is 0 Å². The Balaban J connectivity index is 2.22. The third-order valence-corrected chi connectivity index (χ3v) is 1.38. The standard InChI is InChI=1S/C4H12N4O/c5-4-3(6-2-9)1-7-8-4/h3-4,6-9H,1-2,5H2. The van der Waals surface area contributed by atoms with E-state index in [2.05, 4.69) is 16.2 Å². The summed E-state index contributed by atoms with van der Waals surface area (Å²) in [5.41, 5.74) is 11.2. The molecule has 1 aliphatic rings. The van der Waals surface area contributed by atoms with Crippen LogP contribution in [0.4, 0.5) is 0 Å². The zero-order valence-corrected chi connectivity index (χ0v) is 5.09. The molecule has 5 heteroatoms. The lowest BCUT2D eigenvalue weighted by Crippen LogP contribution is -2.48. The van der Waals surface area contributed by atoms with Crippen LogP contribution in [-0.4, -0.2) is 30.6 Å². The SMILES string of the molecule is NC1NNCC1NCO. The lowest BCUT2D eigenvalue weighted by atomic mass is 10.3. The molecule has 1 rings (SSSR count). The first-order chi connectivity index (χ1) is 4.34. The fraction of sp³-hybridized carbons (Fsp3) is 1.00. The third kappa shape index (κ3) is 1.60. The van der Waals surface area contributed by atoms with Crippen molar-refractivity contribution in [1.82, 2.24) is 16.2 Å². The Morgan fingerprint density at radius 2 is 2.56 bits per heavy atom. The molecule has 2 atom stereocenters. The average Bonchev–Trinajstić information content (AvgIpc) is 2.18. The highest BCUT2D eigenvalue weighted by molar-refractivity contribution is 4.82. The van der Waals surface area contributed by atoms with E-state index >= 15 is 0 Å². The summed E-state index contributed by atoms with van der Waals surface area (Å²) in [5.74, 6) is 0. The number of hydrogen-bond acceptors (Lipinski definition) is 5. The molecule has 1 fully saturated rings. The number of aliphatic hydroxyl groups excluding tert-OH is 1. The lowest BCUT2D eigenvalue weighted by Gasteiger charge is -2.12. The van der Waals surface area contributed by atoms with Crippen molar-refractivity contribution in [3.63, 3.8) is 0 Å². The van der Waals surface area contributed by atoms with Crippen LogP contribution in [0.3, 0.4) is 0 Å². The molecule has 2 unspecified atom stereocenters. The highest BCUT2D eigenvalue weighted by atomic mass is 16.3. The molecule has 0 aliphatic carbocycles. The molecule has 0 spiro atoms. The van der Waals surface area contributed by atoms with Gasteiger partial charge in [-0.05, 0) is 0 Å². The first-order valence-electron chi connectivity index (χ1n) is 2.93. The second kappa shape index (κ2) is 3.09. The molecule has 5 nitrogen and oxygen atoms in total. The van der Waals surface area contributed by atoms with Gasteiger partial charge in [-0.25, -0.2) is 5.43 Å². The number of nitrogens with one attached hydrogen (secondary N) is 3. The topological polar surface area (TPSA) is 82.3 Å². The minimum Gasteiger partial charge on any atom is -0.381 e. The highest BCUT2D eigenvalue weighted by Crippen LogP contribution is 1.88. The molecule has 0 saturated carbocycles. The molecule has 1 heterocycles. The van der Waals surface area contributed by atoms with Crippen molar-refractivity contribution < 1.29 is 5.11 Å². The predicted molar refractivity (Wildman–Crippen MR) is 33.1 cm³/mol. The number of aliphatic hydroxyl groups is 1. The van der Waals surface area contributed by atoms with Crippen LogP contribution in [0, 0.1) is 0 Å². The number of hydrogen-bond donors (Lipinski definition) is 5. The monoisotopic (exact) mass is 132 g/mol. The van der Waals surface area contributed by atoms with Crippen molar-refractivity contribution in [3.8, 4) is 0 Å². The molecule has 6 N–H and O–H groups in total. The first-order valence-corrected chi connectivity index (χ1v) is 2.93. The van der Waals surface area contributed by atoms with Crippen LogP contribution in [-0.2, 0) is 0 Å². The van der Waals surface area contributed by atoms with Crippen molar-refractivity contribution in [3.05, 3.63) is 0 Å². The normalized spacial score (nSPS) is 35.3. The van der Waals surface area contributed by atoms with Gasteiger partial charge in [0, 0.05) is 6.54 Å². The predicted octanol–water partition coefficient (Wildman–Crippen LogP) is -2.71. The van der Waals surface area contributed by atoms with E-state index in [9.17, 15) is 0 Å². The Labute approximate surface area is 53.6 Å². The summed E-state index contributed by atoms with van der Waals surface area (Å²) in [7, 11) is 0. The van der Waals surface area contributed by atoms with Crippen molar-refractivity contribution in [2.75, 3.05) is 13.3 Å². The molecule has 0 radical (unpaired) electrons. The Morgan fingerprint density at radius 3 is 3.00 bits per heavy atom. The van der Waals surface area contributed by atoms with Gasteiger partial charge < -0.3 is 10.8 Å². The van der Waals surface area contributed by atoms with E-state index in [1.165, 1.54) is 0 Å². The fourth-order valence-electron chi connectivity index (χ4n) is 0.831. The average molecular weight is 132 g/mol. The van der Waals surface area contributed by atoms with Crippen LogP contribution in [0.1, 0.15) is 0 Å². The largest absolute Gasteiger partial charge is 0.381 e. The van der Waals surface area contributed by atoms with E-state index in [1.807, 2.05) is 0 Å². The zero-order valence-electron chi connectivity index (χ0n) is 5.09. The summed E-state index contributed by atoms with van der Waals surface area (Å²) in [6.07, 6.45) is -0.0999. The van der Waals surface area contributed by atoms with Gasteiger partial charge in [0.1, 0.15) is 0 Å². The highest BCUT2D eigenvalue weighted by Gasteiger charge is 2.21. The Hall–Kier alpha value is -0.200. The van der Waals surface area contributed by atoms with Crippen LogP contribution in [0.15, 0.2) is 0 Å². The maximum absolute atomic E-state index is 8.42. The smallest absolute Gasteiger partial charge is 0.0935 e. The van der Waals surface area contributed by atoms with Crippen molar-refractivity contribution in [2.24, 2.45) is 5.73 Å². The Kier molecular flexibility index (Phi) is 2.38. The van der Waals surface area contributed by atoms with E-state index < -0.39 is 0 Å². The first kappa shape index (κ1) is 6.91. The lowest BCUT2D eigenvalue weighted by molar-refractivity contribution is 0.238. The van der Waals surface area contributed by atoms with Gasteiger partial charge in [-0.15, -0.1) is 0 Å². The zero-order chi connectivity index (χ0) is 6.69. The summed E-state index contributed by atoms with van der Waals surface area (Å²) in [6, 6.07) is 0.134. The van der Waals surface area contributed by atoms with Crippen LogP contribution < -0.4 is 21.9 Å². The van der Waals surface area contributed by atoms with Gasteiger partial charge in [0.25, 0.3) is 0 Å². The van der Waals surface area contributed by atoms with E-state index in [1.54, 1.807) is 0 Å². The third-order valence-electron chi connectivity index (χ3n) is 1.38. The van der Waals surface area contributed by atoms with Gasteiger partial charge in [0.15, 0.2) is 0 Å². The van der Waals surface area contributed by atoms with Crippen molar-refractivity contribution in [2.45, 2.75) is 12.2 Å². The molecule has 0 aromatic carbocycles. The summed E-state index contributed by atoms with van der Waals surface area (Å²) in [5, 5.41) is 11.2. The second-order valence-corrected chi connectivity index (χ2v) is 2.02. The van der Waals surface area contributed by atoms with Gasteiger partial charge in [0.05, 0.1) is 18.9 Å². The minimum atomic E-state index is -0.0999. The van der Waals surface area contributed by atoms with Crippen LogP contribution in [0.25, 0.3) is 0 Å². The molecule has 1 saturated heterocycles. The quantitative estimate of drug-likeness (QED) is 0.264. The van der Waals surface area contributed by atoms with Crippen LogP contribution >= 0.6 is 0 Å². The van der Waals surface area contributed by atoms with Crippen LogP contribution in [0.5, 0.6) is 0 Å². The minimum absolute atomic E-state index is 0.0261. The van der Waals surface area contributed by atoms with E-state index in [4.69, 9.17) is 10.8 Å². The number of hydrazine groups is 1. The van der Waals surface area contributed by atoms with Gasteiger partial charge in [-0.1, -0.05) is 0 Å². The molecule has 0 amide bonds. The molecule has 0 aromatic heterocycles. The van der Waals surface area contributed by atoms with Crippen LogP contribution in [0.2, 0.25) is 0 Å². The van der Waals surface area contributed by atoms with Crippen molar-refractivity contribution >= 4 is 0 Å². The summed E-state index contributed by atoms with van der Waals surface area (Å²) in [6.45, 7) is 0.726. The second-order valence-electron chi connectivity index (χ2n) is 2.02. The molecule has 1 aliphatic heterocycles. The summed E-state index contributed by atoms with van der Waals surface area (Å²) >= 11 is 0. The molecule has 9 heavy (non-hydrogen) atoms. The van der Waals surface area contributed by atoms with E-state index in [-0.39, 0.29) is 18.9 Å². The Morgan fingerprint density at radius 1 is 1.78 bits per heavy atom. The summed E-state index contributed by atoms with van der Waals surface area (Å²) in [4.78, 5) is 0. The maximum atomic E-state index is 8.42. The van der Waals surface area contributed by atoms with Gasteiger partial charge in [-0.2, -0.15) is 0 Å². The molecule has 54 valence electrons. The van der Waals surface area contributed by atoms with Gasteiger partial charge in [-0.3, -0.25) is 10.7 Å².